The molecule has 0 saturated heterocycles. The molecule has 0 bridgehead atoms. The first-order valence-corrected chi connectivity index (χ1v) is 4.09. The van der Waals surface area contributed by atoms with Crippen LogP contribution in [0, 0.1) is 11.3 Å². The Morgan fingerprint density at radius 3 is 1.45 bits per heavy atom. The molecule has 6 nitrogen and oxygen atoms in total. The van der Waals surface area contributed by atoms with Gasteiger partial charge in [-0.3, -0.25) is 0 Å². The lowest BCUT2D eigenvalue weighted by Gasteiger charge is -1.82. The van der Waals surface area contributed by atoms with Crippen molar-refractivity contribution in [3.05, 3.63) is 0 Å². The van der Waals surface area contributed by atoms with Gasteiger partial charge in [-0.25, -0.2) is 4.57 Å². The van der Waals surface area contributed by atoms with E-state index >= 15 is 0 Å². The summed E-state index contributed by atoms with van der Waals surface area (Å²) in [7, 11) is -4.64. The Kier molecular flexibility index (Phi) is 18.8. The van der Waals surface area contributed by atoms with Crippen molar-refractivity contribution in [1.29, 1.82) is 5.26 Å². The first-order chi connectivity index (χ1) is 4.83. The number of nitrogens with zero attached hydrogens (tertiary/aromatic N) is 1. The molecule has 0 atom stereocenters. The molecule has 0 rings (SSSR count). The summed E-state index contributed by atoms with van der Waals surface area (Å²) in [5, 5.41) is 14.9. The Bertz CT molecular complexity index is 128. The molecule has 0 aliphatic carbocycles. The van der Waals surface area contributed by atoms with Gasteiger partial charge < -0.3 is 19.8 Å². The lowest BCUT2D eigenvalue weighted by molar-refractivity contribution is 0.275. The van der Waals surface area contributed by atoms with E-state index in [0.29, 0.717) is 0 Å². The summed E-state index contributed by atoms with van der Waals surface area (Å²) in [6, 6.07) is 1.75. The summed E-state index contributed by atoms with van der Waals surface area (Å²) in [5.74, 6) is 0. The molecule has 0 radical (unpaired) electrons. The van der Waals surface area contributed by atoms with Crippen LogP contribution in [0.15, 0.2) is 0 Å². The van der Waals surface area contributed by atoms with Crippen LogP contribution in [0.5, 0.6) is 0 Å². The van der Waals surface area contributed by atoms with E-state index < -0.39 is 7.82 Å². The molecule has 0 heterocycles. The Morgan fingerprint density at radius 2 is 1.45 bits per heavy atom. The molecule has 0 aliphatic rings. The van der Waals surface area contributed by atoms with Crippen molar-refractivity contribution in [1.82, 2.24) is 0 Å². The molecule has 0 saturated carbocycles. The standard InChI is InChI=1S/C2H3N.C2H6O.H3O4P/c2*1-2-3;1-5(2,3)4/h1H3;3H,2H2,1H3;(H3,1,2,3,4). The molecule has 0 aliphatic heterocycles. The normalized spacial score (nSPS) is 7.73. The van der Waals surface area contributed by atoms with Crippen molar-refractivity contribution in [2.45, 2.75) is 13.8 Å². The van der Waals surface area contributed by atoms with E-state index in [-0.39, 0.29) is 6.61 Å². The first-order valence-electron chi connectivity index (χ1n) is 2.53. The molecule has 7 heteroatoms. The summed E-state index contributed by atoms with van der Waals surface area (Å²) in [4.78, 5) is 21.6. The number of hydrogen-bond acceptors (Lipinski definition) is 3. The van der Waals surface area contributed by atoms with Crippen LogP contribution in [0.25, 0.3) is 0 Å². The minimum atomic E-state index is -4.64. The predicted molar refractivity (Wildman–Crippen MR) is 38.3 cm³/mol. The minimum absolute atomic E-state index is 0.250. The number of rotatable bonds is 0. The number of aliphatic hydroxyl groups excluding tert-OH is 1. The fourth-order valence-corrected chi connectivity index (χ4v) is 0. The lowest BCUT2D eigenvalue weighted by Crippen LogP contribution is -1.66. The van der Waals surface area contributed by atoms with Crippen molar-refractivity contribution in [2.75, 3.05) is 6.61 Å². The van der Waals surface area contributed by atoms with E-state index in [0.717, 1.165) is 0 Å². The van der Waals surface area contributed by atoms with Crippen LogP contribution in [0.2, 0.25) is 0 Å². The number of phosphoric acid groups is 1. The van der Waals surface area contributed by atoms with Crippen LogP contribution in [0.1, 0.15) is 13.8 Å². The molecule has 0 fully saturated rings. The van der Waals surface area contributed by atoms with Crippen LogP contribution < -0.4 is 0 Å². The maximum absolute atomic E-state index is 8.88. The molecule has 0 unspecified atom stereocenters. The number of hydrogen-bond donors (Lipinski definition) is 4. The highest BCUT2D eigenvalue weighted by Gasteiger charge is 2.00. The fourth-order valence-electron chi connectivity index (χ4n) is 0. The van der Waals surface area contributed by atoms with Gasteiger partial charge in [0.1, 0.15) is 0 Å². The maximum Gasteiger partial charge on any atom is 0.466 e. The zero-order valence-corrected chi connectivity index (χ0v) is 7.19. The van der Waals surface area contributed by atoms with E-state index in [1.54, 1.807) is 13.0 Å². The van der Waals surface area contributed by atoms with Gasteiger partial charge in [-0.15, -0.1) is 0 Å². The highest BCUT2D eigenvalue weighted by molar-refractivity contribution is 7.45. The largest absolute Gasteiger partial charge is 0.466 e. The van der Waals surface area contributed by atoms with Crippen LogP contribution in [0.3, 0.4) is 0 Å². The van der Waals surface area contributed by atoms with E-state index in [2.05, 4.69) is 0 Å². The second kappa shape index (κ2) is 12.3. The van der Waals surface area contributed by atoms with Gasteiger partial charge in [0.25, 0.3) is 0 Å². The van der Waals surface area contributed by atoms with Gasteiger partial charge in [0.05, 0.1) is 6.07 Å². The molecule has 0 spiro atoms. The van der Waals surface area contributed by atoms with Crippen molar-refractivity contribution >= 4 is 7.82 Å². The SMILES string of the molecule is CC#N.CCO.O=P(O)(O)O. The highest BCUT2D eigenvalue weighted by atomic mass is 31.2. The van der Waals surface area contributed by atoms with Crippen LogP contribution in [-0.2, 0) is 4.57 Å². The monoisotopic (exact) mass is 185 g/mol. The molecule has 11 heavy (non-hydrogen) atoms. The van der Waals surface area contributed by atoms with Crippen molar-refractivity contribution in [2.24, 2.45) is 0 Å². The van der Waals surface area contributed by atoms with Gasteiger partial charge in [-0.1, -0.05) is 0 Å². The summed E-state index contributed by atoms with van der Waals surface area (Å²) in [6.07, 6.45) is 0. The van der Waals surface area contributed by atoms with Crippen molar-refractivity contribution < 1.29 is 24.4 Å². The highest BCUT2D eigenvalue weighted by Crippen LogP contribution is 2.25. The molecule has 4 N–H and O–H groups in total. The van der Waals surface area contributed by atoms with E-state index in [9.17, 15) is 0 Å². The second-order valence-electron chi connectivity index (χ2n) is 1.05. The zero-order chi connectivity index (χ0) is 9.91. The predicted octanol–water partition coefficient (Wildman–Crippen LogP) is -0.400. The van der Waals surface area contributed by atoms with Crippen LogP contribution in [-0.4, -0.2) is 26.4 Å². The molecular formula is C4H12NO5P. The van der Waals surface area contributed by atoms with Crippen molar-refractivity contribution in [3.8, 4) is 6.07 Å². The Morgan fingerprint density at radius 1 is 1.45 bits per heavy atom. The average Bonchev–Trinajstić information content (AvgIpc) is 1.62. The van der Waals surface area contributed by atoms with Gasteiger partial charge in [-0.2, -0.15) is 5.26 Å². The Hall–Kier alpha value is -0.440. The Labute approximate surface area is 65.0 Å². The second-order valence-corrected chi connectivity index (χ2v) is 2.08. The molecule has 68 valence electrons. The van der Waals surface area contributed by atoms with Crippen LogP contribution in [0.4, 0.5) is 0 Å². The minimum Gasteiger partial charge on any atom is -0.397 e. The molecule has 0 aromatic carbocycles. The molecule has 0 amide bonds. The Balaban J connectivity index is -0.0000000933. The quantitative estimate of drug-likeness (QED) is 0.381. The van der Waals surface area contributed by atoms with E-state index in [4.69, 9.17) is 29.6 Å². The van der Waals surface area contributed by atoms with Crippen LogP contribution >= 0.6 is 7.82 Å². The first kappa shape index (κ1) is 16.9. The number of nitriles is 1. The fraction of sp³-hybridized carbons (Fsp3) is 0.750. The van der Waals surface area contributed by atoms with Gasteiger partial charge in [-0.05, 0) is 6.92 Å². The molecule has 0 aromatic heterocycles. The smallest absolute Gasteiger partial charge is 0.397 e. The van der Waals surface area contributed by atoms with Gasteiger partial charge in [0.2, 0.25) is 0 Å². The van der Waals surface area contributed by atoms with E-state index in [1.165, 1.54) is 6.92 Å². The van der Waals surface area contributed by atoms with Gasteiger partial charge in [0, 0.05) is 13.5 Å². The zero-order valence-electron chi connectivity index (χ0n) is 6.30. The molecular weight excluding hydrogens is 173 g/mol. The summed E-state index contributed by atoms with van der Waals surface area (Å²) < 4.78 is 8.88. The lowest BCUT2D eigenvalue weighted by atomic mass is 10.9. The summed E-state index contributed by atoms with van der Waals surface area (Å²) >= 11 is 0. The summed E-state index contributed by atoms with van der Waals surface area (Å²) in [6.45, 7) is 3.36. The third-order valence-electron chi connectivity index (χ3n) is 0. The third-order valence-corrected chi connectivity index (χ3v) is 0. The van der Waals surface area contributed by atoms with Crippen molar-refractivity contribution in [3.63, 3.8) is 0 Å². The van der Waals surface area contributed by atoms with E-state index in [1.807, 2.05) is 0 Å². The van der Waals surface area contributed by atoms with Gasteiger partial charge in [0.15, 0.2) is 0 Å². The topological polar surface area (TPSA) is 122 Å². The maximum atomic E-state index is 8.88. The third kappa shape index (κ3) is 2820. The summed E-state index contributed by atoms with van der Waals surface area (Å²) in [5.41, 5.74) is 0. The van der Waals surface area contributed by atoms with Gasteiger partial charge >= 0.3 is 7.82 Å². The number of aliphatic hydroxyl groups is 1. The molecule has 0 aromatic rings. The average molecular weight is 185 g/mol.